The molecule has 0 spiro atoms. The molecule has 0 radical (unpaired) electrons. The SMILES string of the molecule is CCCCC(N)c1ccccc1-c1noc2cc(Cl)ccc12. The molecule has 2 N–H and O–H groups in total. The summed E-state index contributed by atoms with van der Waals surface area (Å²) in [6, 6.07) is 13.7. The normalized spacial score (nSPS) is 12.7. The summed E-state index contributed by atoms with van der Waals surface area (Å²) in [6.45, 7) is 2.17. The molecule has 0 amide bonds. The van der Waals surface area contributed by atoms with E-state index in [1.54, 1.807) is 6.07 Å². The van der Waals surface area contributed by atoms with Crippen LogP contribution in [0.3, 0.4) is 0 Å². The van der Waals surface area contributed by atoms with Crippen molar-refractivity contribution in [2.45, 2.75) is 32.2 Å². The van der Waals surface area contributed by atoms with E-state index in [4.69, 9.17) is 21.9 Å². The zero-order chi connectivity index (χ0) is 15.5. The fraction of sp³-hybridized carbons (Fsp3) is 0.278. The van der Waals surface area contributed by atoms with Crippen molar-refractivity contribution in [2.75, 3.05) is 0 Å². The molecule has 22 heavy (non-hydrogen) atoms. The molecular weight excluding hydrogens is 296 g/mol. The van der Waals surface area contributed by atoms with Crippen molar-refractivity contribution in [1.29, 1.82) is 0 Å². The number of rotatable bonds is 5. The lowest BCUT2D eigenvalue weighted by Crippen LogP contribution is -2.11. The molecular formula is C18H19ClN2O. The molecule has 1 heterocycles. The van der Waals surface area contributed by atoms with Crippen molar-refractivity contribution in [3.63, 3.8) is 0 Å². The van der Waals surface area contributed by atoms with Crippen LogP contribution >= 0.6 is 11.6 Å². The summed E-state index contributed by atoms with van der Waals surface area (Å²) in [5, 5.41) is 5.84. The van der Waals surface area contributed by atoms with Crippen LogP contribution in [-0.4, -0.2) is 5.16 Å². The fourth-order valence-corrected chi connectivity index (χ4v) is 2.88. The minimum atomic E-state index is 0.00944. The summed E-state index contributed by atoms with van der Waals surface area (Å²) in [5.41, 5.74) is 10.0. The largest absolute Gasteiger partial charge is 0.356 e. The summed E-state index contributed by atoms with van der Waals surface area (Å²) in [4.78, 5) is 0. The maximum Gasteiger partial charge on any atom is 0.169 e. The Morgan fingerprint density at radius 1 is 1.23 bits per heavy atom. The van der Waals surface area contributed by atoms with Crippen molar-refractivity contribution in [3.8, 4) is 11.3 Å². The van der Waals surface area contributed by atoms with Crippen molar-refractivity contribution in [1.82, 2.24) is 5.16 Å². The first kappa shape index (κ1) is 15.1. The number of nitrogens with zero attached hydrogens (tertiary/aromatic N) is 1. The topological polar surface area (TPSA) is 52.0 Å². The van der Waals surface area contributed by atoms with Gasteiger partial charge in [0.2, 0.25) is 0 Å². The average Bonchev–Trinajstić information content (AvgIpc) is 2.95. The minimum absolute atomic E-state index is 0.00944. The minimum Gasteiger partial charge on any atom is -0.356 e. The fourth-order valence-electron chi connectivity index (χ4n) is 2.72. The van der Waals surface area contributed by atoms with Crippen LogP contribution in [0.1, 0.15) is 37.8 Å². The molecule has 0 saturated heterocycles. The first-order chi connectivity index (χ1) is 10.7. The Morgan fingerprint density at radius 3 is 2.86 bits per heavy atom. The number of hydrogen-bond donors (Lipinski definition) is 1. The van der Waals surface area contributed by atoms with Crippen LogP contribution in [0.4, 0.5) is 0 Å². The molecule has 0 fully saturated rings. The van der Waals surface area contributed by atoms with Gasteiger partial charge in [0.1, 0.15) is 5.69 Å². The third-order valence-corrected chi connectivity index (χ3v) is 4.15. The maximum absolute atomic E-state index is 6.38. The molecule has 3 nitrogen and oxygen atoms in total. The Balaban J connectivity index is 2.07. The maximum atomic E-state index is 6.38. The number of aromatic nitrogens is 1. The number of unbranched alkanes of at least 4 members (excludes halogenated alkanes) is 1. The van der Waals surface area contributed by atoms with Crippen LogP contribution in [0.15, 0.2) is 47.0 Å². The third-order valence-electron chi connectivity index (χ3n) is 3.92. The number of benzene rings is 2. The van der Waals surface area contributed by atoms with E-state index in [1.807, 2.05) is 30.3 Å². The number of halogens is 1. The lowest BCUT2D eigenvalue weighted by molar-refractivity contribution is 0.459. The predicted octanol–water partition coefficient (Wildman–Crippen LogP) is 5.34. The number of fused-ring (bicyclic) bond motifs is 1. The zero-order valence-corrected chi connectivity index (χ0v) is 13.3. The summed E-state index contributed by atoms with van der Waals surface area (Å²) in [6.07, 6.45) is 3.22. The molecule has 0 aliphatic heterocycles. The van der Waals surface area contributed by atoms with Gasteiger partial charge in [-0.15, -0.1) is 0 Å². The summed E-state index contributed by atoms with van der Waals surface area (Å²) in [7, 11) is 0. The lowest BCUT2D eigenvalue weighted by Gasteiger charge is -2.15. The molecule has 0 bridgehead atoms. The summed E-state index contributed by atoms with van der Waals surface area (Å²) >= 11 is 6.01. The molecule has 3 aromatic rings. The first-order valence-electron chi connectivity index (χ1n) is 7.60. The highest BCUT2D eigenvalue weighted by Crippen LogP contribution is 2.34. The molecule has 1 unspecified atom stereocenters. The quantitative estimate of drug-likeness (QED) is 0.691. The van der Waals surface area contributed by atoms with Crippen LogP contribution in [0.5, 0.6) is 0 Å². The van der Waals surface area contributed by atoms with E-state index >= 15 is 0 Å². The van der Waals surface area contributed by atoms with Gasteiger partial charge in [0.05, 0.1) is 0 Å². The highest BCUT2D eigenvalue weighted by Gasteiger charge is 2.17. The van der Waals surface area contributed by atoms with Crippen LogP contribution in [0, 0.1) is 0 Å². The predicted molar refractivity (Wildman–Crippen MR) is 90.9 cm³/mol. The van der Waals surface area contributed by atoms with Gasteiger partial charge < -0.3 is 10.3 Å². The second-order valence-electron chi connectivity index (χ2n) is 5.51. The van der Waals surface area contributed by atoms with E-state index in [9.17, 15) is 0 Å². The van der Waals surface area contributed by atoms with Crippen molar-refractivity contribution in [2.24, 2.45) is 5.73 Å². The Labute approximate surface area is 135 Å². The van der Waals surface area contributed by atoms with Gasteiger partial charge in [-0.3, -0.25) is 0 Å². The Hall–Kier alpha value is -1.84. The van der Waals surface area contributed by atoms with Crippen molar-refractivity contribution >= 4 is 22.6 Å². The molecule has 0 aliphatic carbocycles. The van der Waals surface area contributed by atoms with E-state index in [0.717, 1.165) is 41.5 Å². The smallest absolute Gasteiger partial charge is 0.169 e. The number of hydrogen-bond acceptors (Lipinski definition) is 3. The lowest BCUT2D eigenvalue weighted by atomic mass is 9.94. The first-order valence-corrected chi connectivity index (χ1v) is 7.98. The van der Waals surface area contributed by atoms with E-state index in [2.05, 4.69) is 18.1 Å². The Morgan fingerprint density at radius 2 is 2.05 bits per heavy atom. The summed E-state index contributed by atoms with van der Waals surface area (Å²) < 4.78 is 5.42. The molecule has 4 heteroatoms. The molecule has 3 rings (SSSR count). The second-order valence-corrected chi connectivity index (χ2v) is 5.94. The van der Waals surface area contributed by atoms with Gasteiger partial charge in [0.25, 0.3) is 0 Å². The van der Waals surface area contributed by atoms with Crippen molar-refractivity contribution < 1.29 is 4.52 Å². The van der Waals surface area contributed by atoms with E-state index in [-0.39, 0.29) is 6.04 Å². The van der Waals surface area contributed by atoms with Crippen LogP contribution in [-0.2, 0) is 0 Å². The van der Waals surface area contributed by atoms with Gasteiger partial charge in [0, 0.05) is 28.1 Å². The Kier molecular flexibility index (Phi) is 4.46. The van der Waals surface area contributed by atoms with Gasteiger partial charge in [-0.05, 0) is 24.1 Å². The van der Waals surface area contributed by atoms with Crippen molar-refractivity contribution in [3.05, 3.63) is 53.1 Å². The Bertz CT molecular complexity index is 782. The second kappa shape index (κ2) is 6.51. The molecule has 114 valence electrons. The van der Waals surface area contributed by atoms with Gasteiger partial charge in [-0.2, -0.15) is 0 Å². The van der Waals surface area contributed by atoms with Gasteiger partial charge in [0.15, 0.2) is 5.58 Å². The monoisotopic (exact) mass is 314 g/mol. The molecule has 0 saturated carbocycles. The van der Waals surface area contributed by atoms with Gasteiger partial charge in [-0.1, -0.05) is 60.8 Å². The molecule has 0 aliphatic rings. The van der Waals surface area contributed by atoms with Crippen LogP contribution in [0.2, 0.25) is 5.02 Å². The molecule has 1 atom stereocenters. The van der Waals surface area contributed by atoms with Gasteiger partial charge >= 0.3 is 0 Å². The van der Waals surface area contributed by atoms with Crippen LogP contribution < -0.4 is 5.73 Å². The zero-order valence-electron chi connectivity index (χ0n) is 12.6. The van der Waals surface area contributed by atoms with Gasteiger partial charge in [-0.25, -0.2) is 0 Å². The highest BCUT2D eigenvalue weighted by atomic mass is 35.5. The number of nitrogens with two attached hydrogens (primary N) is 1. The van der Waals surface area contributed by atoms with E-state index in [1.165, 1.54) is 0 Å². The standard InChI is InChI=1S/C18H19ClN2O/c1-2-3-8-16(20)13-6-4-5-7-14(13)18-15-10-9-12(19)11-17(15)22-21-18/h4-7,9-11,16H,2-3,8,20H2,1H3. The van der Waals surface area contributed by atoms with E-state index in [0.29, 0.717) is 10.6 Å². The van der Waals surface area contributed by atoms with E-state index < -0.39 is 0 Å². The molecule has 1 aromatic heterocycles. The molecule has 2 aromatic carbocycles. The van der Waals surface area contributed by atoms with Crippen LogP contribution in [0.25, 0.3) is 22.2 Å². The average molecular weight is 315 g/mol. The summed E-state index contributed by atoms with van der Waals surface area (Å²) in [5.74, 6) is 0. The third kappa shape index (κ3) is 2.87. The highest BCUT2D eigenvalue weighted by molar-refractivity contribution is 6.31.